The number of ketones is 1. The molecule has 5 rings (SSSR count). The Kier molecular flexibility index (Phi) is 7.01. The molecule has 0 aliphatic carbocycles. The van der Waals surface area contributed by atoms with E-state index < -0.39 is 17.8 Å². The van der Waals surface area contributed by atoms with Crippen LogP contribution in [0.2, 0.25) is 0 Å². The molecule has 2 amide bonds. The molecule has 7 heteroatoms. The summed E-state index contributed by atoms with van der Waals surface area (Å²) >= 11 is 0. The van der Waals surface area contributed by atoms with Crippen LogP contribution in [0.15, 0.2) is 95.1 Å². The lowest BCUT2D eigenvalue weighted by Crippen LogP contribution is -2.40. The summed E-state index contributed by atoms with van der Waals surface area (Å²) < 4.78 is 0. The average molecular weight is 507 g/mol. The first kappa shape index (κ1) is 25.3. The molecule has 0 radical (unpaired) electrons. The first-order valence-electron chi connectivity index (χ1n) is 13.0. The third-order valence-corrected chi connectivity index (χ3v) is 7.27. The number of hydrogen-bond acceptors (Lipinski definition) is 5. The van der Waals surface area contributed by atoms with Crippen molar-refractivity contribution >= 4 is 40.4 Å². The van der Waals surface area contributed by atoms with E-state index in [4.69, 9.17) is 10.2 Å². The Balaban J connectivity index is 1.62. The summed E-state index contributed by atoms with van der Waals surface area (Å²) in [6, 6.07) is 25.9. The summed E-state index contributed by atoms with van der Waals surface area (Å²) in [5, 5.41) is 12.4. The molecule has 0 spiro atoms. The molecule has 38 heavy (non-hydrogen) atoms. The van der Waals surface area contributed by atoms with Gasteiger partial charge in [-0.25, -0.2) is 10.0 Å². The Labute approximate surface area is 222 Å². The number of hydrazone groups is 2. The van der Waals surface area contributed by atoms with E-state index in [-0.39, 0.29) is 17.6 Å². The number of carbonyl (C=O) groups excluding carboxylic acids is 3. The highest BCUT2D eigenvalue weighted by atomic mass is 16.2. The van der Waals surface area contributed by atoms with Gasteiger partial charge in [-0.05, 0) is 49.6 Å². The smallest absolute Gasteiger partial charge is 0.256 e. The third kappa shape index (κ3) is 4.45. The summed E-state index contributed by atoms with van der Waals surface area (Å²) in [4.78, 5) is 40.1. The highest BCUT2D eigenvalue weighted by molar-refractivity contribution is 6.20. The van der Waals surface area contributed by atoms with Crippen molar-refractivity contribution in [2.24, 2.45) is 22.0 Å². The van der Waals surface area contributed by atoms with E-state index in [0.717, 1.165) is 17.0 Å². The highest BCUT2D eigenvalue weighted by Gasteiger charge is 2.51. The summed E-state index contributed by atoms with van der Waals surface area (Å²) in [6.07, 6.45) is 1.12. The zero-order valence-corrected chi connectivity index (χ0v) is 21.7. The lowest BCUT2D eigenvalue weighted by molar-refractivity contribution is -0.122. The molecule has 2 unspecified atom stereocenters. The second-order valence-electron chi connectivity index (χ2n) is 9.52. The van der Waals surface area contributed by atoms with Gasteiger partial charge in [0.25, 0.3) is 11.8 Å². The van der Waals surface area contributed by atoms with Gasteiger partial charge in [-0.15, -0.1) is 0 Å². The molecule has 0 N–H and O–H groups in total. The second-order valence-corrected chi connectivity index (χ2v) is 9.52. The molecule has 2 atom stereocenters. The number of para-hydroxylation sites is 2. The lowest BCUT2D eigenvalue weighted by atomic mass is 9.71. The van der Waals surface area contributed by atoms with Crippen LogP contribution in [-0.4, -0.2) is 29.0 Å². The maximum Gasteiger partial charge on any atom is 0.256 e. The molecule has 3 aromatic carbocycles. The largest absolute Gasteiger partial charge is 0.295 e. The number of Topliss-reactive ketones (excluding diaryl/α,β-unsaturated/α-hetero) is 1. The van der Waals surface area contributed by atoms with E-state index in [2.05, 4.69) is 0 Å². The summed E-state index contributed by atoms with van der Waals surface area (Å²) in [7, 11) is 0. The first-order chi connectivity index (χ1) is 18.4. The molecule has 2 heterocycles. The van der Waals surface area contributed by atoms with E-state index in [0.29, 0.717) is 29.8 Å². The van der Waals surface area contributed by atoms with Crippen LogP contribution in [-0.2, 0) is 9.59 Å². The zero-order chi connectivity index (χ0) is 26.8. The Morgan fingerprint density at radius 1 is 0.711 bits per heavy atom. The minimum atomic E-state index is -0.648. The number of rotatable bonds is 8. The van der Waals surface area contributed by atoms with Gasteiger partial charge in [0.1, 0.15) is 0 Å². The fourth-order valence-corrected chi connectivity index (χ4v) is 5.36. The fraction of sp³-hybridized carbons (Fsp3) is 0.258. The number of carbonyl (C=O) groups is 3. The Morgan fingerprint density at radius 3 is 1.50 bits per heavy atom. The molecular weight excluding hydrogens is 476 g/mol. The van der Waals surface area contributed by atoms with Crippen molar-refractivity contribution in [2.45, 2.75) is 39.5 Å². The van der Waals surface area contributed by atoms with Crippen LogP contribution in [0.1, 0.15) is 55.5 Å². The van der Waals surface area contributed by atoms with Crippen LogP contribution < -0.4 is 10.0 Å². The van der Waals surface area contributed by atoms with Crippen molar-refractivity contribution in [1.82, 2.24) is 0 Å². The van der Waals surface area contributed by atoms with Crippen LogP contribution in [0, 0.1) is 11.8 Å². The number of benzene rings is 3. The van der Waals surface area contributed by atoms with Gasteiger partial charge in [0, 0.05) is 11.5 Å². The molecule has 7 nitrogen and oxygen atoms in total. The van der Waals surface area contributed by atoms with Crippen molar-refractivity contribution < 1.29 is 14.4 Å². The van der Waals surface area contributed by atoms with E-state index in [1.54, 1.807) is 12.1 Å². The first-order valence-corrected chi connectivity index (χ1v) is 13.0. The highest BCUT2D eigenvalue weighted by Crippen LogP contribution is 2.43. The number of hydrogen-bond donors (Lipinski definition) is 0. The van der Waals surface area contributed by atoms with Gasteiger partial charge in [0.15, 0.2) is 5.78 Å². The van der Waals surface area contributed by atoms with Crippen LogP contribution in [0.5, 0.6) is 0 Å². The molecular formula is C31H30N4O3. The minimum absolute atomic E-state index is 0.0425. The van der Waals surface area contributed by atoms with E-state index >= 15 is 0 Å². The van der Waals surface area contributed by atoms with E-state index in [1.165, 1.54) is 16.9 Å². The molecule has 0 bridgehead atoms. The molecule has 2 aliphatic heterocycles. The lowest BCUT2D eigenvalue weighted by Gasteiger charge is -2.29. The SMILES string of the molecule is CCC1=NN(c2ccccc2)C(=O)C1C(c1ccc(C(C)=O)cc1)C1C(=O)N(c2ccccc2)N=C1CC. The zero-order valence-electron chi connectivity index (χ0n) is 21.7. The standard InChI is InChI=1S/C31H30N4O3/c1-4-25-28(30(37)34(32-25)23-12-8-6-9-13-23)27(22-18-16-21(17-19-22)20(3)36)29-26(5-2)33-35(31(29)38)24-14-10-7-11-15-24/h6-19,27-29H,4-5H2,1-3H3. The quantitative estimate of drug-likeness (QED) is 0.360. The summed E-state index contributed by atoms with van der Waals surface area (Å²) in [6.45, 7) is 5.48. The van der Waals surface area contributed by atoms with E-state index in [1.807, 2.05) is 86.6 Å². The van der Waals surface area contributed by atoms with Gasteiger partial charge in [-0.3, -0.25) is 14.4 Å². The van der Waals surface area contributed by atoms with Gasteiger partial charge >= 0.3 is 0 Å². The van der Waals surface area contributed by atoms with Gasteiger partial charge in [0.05, 0.1) is 34.6 Å². The van der Waals surface area contributed by atoms with Crippen molar-refractivity contribution in [2.75, 3.05) is 10.0 Å². The topological polar surface area (TPSA) is 82.4 Å². The van der Waals surface area contributed by atoms with Gasteiger partial charge < -0.3 is 0 Å². The molecule has 0 aromatic heterocycles. The summed E-state index contributed by atoms with van der Waals surface area (Å²) in [5.41, 5.74) is 4.20. The normalized spacial score (nSPS) is 20.0. The molecule has 192 valence electrons. The van der Waals surface area contributed by atoms with Crippen molar-refractivity contribution in [3.05, 3.63) is 96.1 Å². The maximum atomic E-state index is 14.1. The van der Waals surface area contributed by atoms with Crippen molar-refractivity contribution in [1.29, 1.82) is 0 Å². The molecule has 0 saturated carbocycles. The Hall–Kier alpha value is -4.39. The van der Waals surface area contributed by atoms with Crippen LogP contribution in [0.3, 0.4) is 0 Å². The monoisotopic (exact) mass is 506 g/mol. The van der Waals surface area contributed by atoms with E-state index in [9.17, 15) is 14.4 Å². The predicted molar refractivity (Wildman–Crippen MR) is 149 cm³/mol. The van der Waals surface area contributed by atoms with Crippen LogP contribution in [0.25, 0.3) is 0 Å². The Morgan fingerprint density at radius 2 is 1.13 bits per heavy atom. The number of nitrogens with zero attached hydrogens (tertiary/aromatic N) is 4. The van der Waals surface area contributed by atoms with Crippen molar-refractivity contribution in [3.63, 3.8) is 0 Å². The molecule has 3 aromatic rings. The molecule has 0 saturated heterocycles. The summed E-state index contributed by atoms with van der Waals surface area (Å²) in [5.74, 6) is -2.21. The van der Waals surface area contributed by atoms with Crippen molar-refractivity contribution in [3.8, 4) is 0 Å². The average Bonchev–Trinajstić information content (AvgIpc) is 3.46. The maximum absolute atomic E-state index is 14.1. The fourth-order valence-electron chi connectivity index (χ4n) is 5.36. The molecule has 0 fully saturated rings. The van der Waals surface area contributed by atoms with Gasteiger partial charge in [0.2, 0.25) is 0 Å². The predicted octanol–water partition coefficient (Wildman–Crippen LogP) is 5.83. The number of anilines is 2. The second kappa shape index (κ2) is 10.5. The Bertz CT molecular complexity index is 1330. The van der Waals surface area contributed by atoms with Gasteiger partial charge in [-0.2, -0.15) is 10.2 Å². The van der Waals surface area contributed by atoms with Gasteiger partial charge in [-0.1, -0.05) is 74.5 Å². The number of amides is 2. The third-order valence-electron chi connectivity index (χ3n) is 7.27. The van der Waals surface area contributed by atoms with Crippen LogP contribution >= 0.6 is 0 Å². The minimum Gasteiger partial charge on any atom is -0.295 e. The molecule has 2 aliphatic rings. The van der Waals surface area contributed by atoms with Crippen LogP contribution in [0.4, 0.5) is 11.4 Å².